The van der Waals surface area contributed by atoms with Crippen LogP contribution in [0.25, 0.3) is 0 Å². The Balaban J connectivity index is 2.49. The quantitative estimate of drug-likeness (QED) is 0.0322. The molecule has 47 heavy (non-hydrogen) atoms. The van der Waals surface area contributed by atoms with E-state index < -0.39 is 73.1 Å². The molecule has 4 amide bonds. The molecule has 0 aliphatic heterocycles. The second-order valence-corrected chi connectivity index (χ2v) is 10.7. The maximum atomic E-state index is 12.8. The number of carbonyl (C=O) groups is 6. The minimum Gasteiger partial charge on any atom is -0.481 e. The number of nitrogens with two attached hydrogens (primary N) is 4. The van der Waals surface area contributed by atoms with Gasteiger partial charge < -0.3 is 59.1 Å². The highest BCUT2D eigenvalue weighted by Crippen LogP contribution is 2.14. The van der Waals surface area contributed by atoms with Crippen molar-refractivity contribution in [1.29, 1.82) is 0 Å². The molecule has 0 aliphatic rings. The Bertz CT molecular complexity index is 1220. The number of aryl methyl sites for hydroxylation is 1. The Kier molecular flexibility index (Phi) is 18.7. The van der Waals surface area contributed by atoms with E-state index in [0.29, 0.717) is 31.4 Å². The number of aliphatic carboxylic acids is 2. The molecule has 1 aromatic rings. The first kappa shape index (κ1) is 40.2. The lowest BCUT2D eigenvalue weighted by Gasteiger charge is -2.25. The second-order valence-electron chi connectivity index (χ2n) is 10.7. The molecule has 14 N–H and O–H groups in total. The van der Waals surface area contributed by atoms with Gasteiger partial charge in [0.2, 0.25) is 23.6 Å². The number of unbranched alkanes of at least 4 members (excludes halogenated alkanes) is 1. The molecule has 18 nitrogen and oxygen atoms in total. The second kappa shape index (κ2) is 21.8. The first-order chi connectivity index (χ1) is 22.2. The highest BCUT2D eigenvalue weighted by atomic mass is 16.4. The molecular formula is C29H47N9O9. The molecule has 0 spiro atoms. The number of carboxylic acids is 2. The van der Waals surface area contributed by atoms with Crippen molar-refractivity contribution in [2.24, 2.45) is 27.9 Å². The SMILES string of the molecule is NC(N)=Nc1ccc(CCCC(=O)N[C@@H](CO)C(=O)NCCCCN(CCCNC(=O)[C@@H](N)CC(=O)O)C(=O)[C@@H](N)CC(=O)O)cc1. The van der Waals surface area contributed by atoms with Crippen LogP contribution >= 0.6 is 0 Å². The maximum absolute atomic E-state index is 12.8. The van der Waals surface area contributed by atoms with E-state index in [-0.39, 0.29) is 45.0 Å². The van der Waals surface area contributed by atoms with Gasteiger partial charge >= 0.3 is 11.9 Å². The number of benzene rings is 1. The summed E-state index contributed by atoms with van der Waals surface area (Å²) in [6.45, 7) is -0.0597. The van der Waals surface area contributed by atoms with E-state index in [2.05, 4.69) is 20.9 Å². The Hall–Kier alpha value is -4.81. The molecule has 1 rings (SSSR count). The summed E-state index contributed by atoms with van der Waals surface area (Å²) >= 11 is 0. The normalized spacial score (nSPS) is 12.6. The van der Waals surface area contributed by atoms with Crippen LogP contribution in [-0.2, 0) is 35.2 Å². The number of hydrogen-bond donors (Lipinski definition) is 10. The predicted molar refractivity (Wildman–Crippen MR) is 171 cm³/mol. The molecular weight excluding hydrogens is 618 g/mol. The van der Waals surface area contributed by atoms with Crippen molar-refractivity contribution < 1.29 is 44.1 Å². The third-order valence-corrected chi connectivity index (χ3v) is 6.71. The van der Waals surface area contributed by atoms with Crippen LogP contribution in [0.2, 0.25) is 0 Å². The number of hydrogen-bond acceptors (Lipinski definition) is 10. The van der Waals surface area contributed by atoms with Crippen LogP contribution in [-0.4, -0.2) is 113 Å². The molecule has 0 unspecified atom stereocenters. The number of rotatable bonds is 23. The van der Waals surface area contributed by atoms with E-state index in [0.717, 1.165) is 5.56 Å². The van der Waals surface area contributed by atoms with Gasteiger partial charge in [-0.2, -0.15) is 0 Å². The molecule has 3 atom stereocenters. The first-order valence-corrected chi connectivity index (χ1v) is 15.1. The highest BCUT2D eigenvalue weighted by molar-refractivity contribution is 5.88. The standard InChI is InChI=1S/C29H47N9O9/c30-20(15-24(41)42)26(45)34-12-4-14-38(28(47)21(31)16-25(43)44)13-2-1-11-35-27(46)22(17-39)37-23(40)6-3-5-18-7-9-19(10-8-18)36-29(32)33/h7-10,20-22,39H,1-6,11-17,30-31H2,(H,34,45)(H,35,46)(H,37,40)(H,41,42)(H,43,44)(H4,32,33,36)/t20-,21-,22-/m0/s1. The minimum atomic E-state index is -1.28. The van der Waals surface area contributed by atoms with Crippen LogP contribution < -0.4 is 38.9 Å². The lowest BCUT2D eigenvalue weighted by Crippen LogP contribution is -2.49. The summed E-state index contributed by atoms with van der Waals surface area (Å²) in [4.78, 5) is 76.6. The van der Waals surface area contributed by atoms with Gasteiger partial charge in [-0.15, -0.1) is 0 Å². The van der Waals surface area contributed by atoms with Gasteiger partial charge in [-0.3, -0.25) is 28.8 Å². The Morgan fingerprint density at radius 3 is 1.96 bits per heavy atom. The van der Waals surface area contributed by atoms with Crippen LogP contribution in [0.3, 0.4) is 0 Å². The summed E-state index contributed by atoms with van der Waals surface area (Å²) in [5.74, 6) is -4.75. The number of carboxylic acid groups (broad SMARTS) is 2. The molecule has 0 aliphatic carbocycles. The van der Waals surface area contributed by atoms with Gasteiger partial charge in [0.1, 0.15) is 6.04 Å². The van der Waals surface area contributed by atoms with E-state index in [1.54, 1.807) is 12.1 Å². The molecule has 0 fully saturated rings. The number of amides is 4. The van der Waals surface area contributed by atoms with Gasteiger partial charge in [-0.05, 0) is 49.8 Å². The predicted octanol–water partition coefficient (Wildman–Crippen LogP) is -2.77. The molecule has 0 heterocycles. The largest absolute Gasteiger partial charge is 0.481 e. The third kappa shape index (κ3) is 17.5. The van der Waals surface area contributed by atoms with E-state index in [1.807, 2.05) is 12.1 Å². The number of aliphatic imine (C=N–C) groups is 1. The number of nitrogens with one attached hydrogen (secondary N) is 3. The zero-order valence-electron chi connectivity index (χ0n) is 26.2. The molecule has 0 saturated heterocycles. The molecule has 18 heteroatoms. The summed E-state index contributed by atoms with van der Waals surface area (Å²) < 4.78 is 0. The van der Waals surface area contributed by atoms with Crippen molar-refractivity contribution in [2.45, 2.75) is 69.5 Å². The topological polar surface area (TPSA) is 319 Å². The van der Waals surface area contributed by atoms with E-state index >= 15 is 0 Å². The zero-order valence-corrected chi connectivity index (χ0v) is 26.2. The summed E-state index contributed by atoms with van der Waals surface area (Å²) in [5.41, 5.74) is 23.5. The van der Waals surface area contributed by atoms with Crippen molar-refractivity contribution in [1.82, 2.24) is 20.9 Å². The molecule has 1 aromatic carbocycles. The van der Waals surface area contributed by atoms with Crippen LogP contribution in [0.1, 0.15) is 50.5 Å². The van der Waals surface area contributed by atoms with Gasteiger partial charge in [-0.25, -0.2) is 4.99 Å². The van der Waals surface area contributed by atoms with Gasteiger partial charge in [0.15, 0.2) is 5.96 Å². The van der Waals surface area contributed by atoms with Crippen LogP contribution in [0.15, 0.2) is 29.3 Å². The molecule has 0 radical (unpaired) electrons. The van der Waals surface area contributed by atoms with E-state index in [1.165, 1.54) is 4.90 Å². The van der Waals surface area contributed by atoms with Crippen molar-refractivity contribution in [3.05, 3.63) is 29.8 Å². The van der Waals surface area contributed by atoms with Crippen molar-refractivity contribution in [3.8, 4) is 0 Å². The average Bonchev–Trinajstić information content (AvgIpc) is 2.99. The van der Waals surface area contributed by atoms with Gasteiger partial charge in [-0.1, -0.05) is 12.1 Å². The third-order valence-electron chi connectivity index (χ3n) is 6.71. The van der Waals surface area contributed by atoms with E-state index in [4.69, 9.17) is 33.1 Å². The Morgan fingerprint density at radius 2 is 1.36 bits per heavy atom. The average molecular weight is 666 g/mol. The smallest absolute Gasteiger partial charge is 0.305 e. The number of nitrogens with zero attached hydrogens (tertiary/aromatic N) is 2. The zero-order chi connectivity index (χ0) is 35.4. The Morgan fingerprint density at radius 1 is 0.787 bits per heavy atom. The fourth-order valence-corrected chi connectivity index (χ4v) is 4.30. The van der Waals surface area contributed by atoms with Crippen molar-refractivity contribution in [2.75, 3.05) is 32.8 Å². The first-order valence-electron chi connectivity index (χ1n) is 15.1. The fourth-order valence-electron chi connectivity index (χ4n) is 4.30. The highest BCUT2D eigenvalue weighted by Gasteiger charge is 2.24. The van der Waals surface area contributed by atoms with Gasteiger partial charge in [0.05, 0.1) is 37.2 Å². The monoisotopic (exact) mass is 665 g/mol. The van der Waals surface area contributed by atoms with E-state index in [9.17, 15) is 33.9 Å². The molecule has 0 bridgehead atoms. The lowest BCUT2D eigenvalue weighted by atomic mass is 10.1. The van der Waals surface area contributed by atoms with Crippen molar-refractivity contribution in [3.63, 3.8) is 0 Å². The van der Waals surface area contributed by atoms with Crippen LogP contribution in [0.4, 0.5) is 5.69 Å². The molecule has 0 aromatic heterocycles. The fraction of sp³-hybridized carbons (Fsp3) is 0.552. The summed E-state index contributed by atoms with van der Waals surface area (Å²) in [7, 11) is 0. The minimum absolute atomic E-state index is 0.0498. The summed E-state index contributed by atoms with van der Waals surface area (Å²) in [6.07, 6.45) is 1.17. The summed E-state index contributed by atoms with van der Waals surface area (Å²) in [5, 5.41) is 35.0. The van der Waals surface area contributed by atoms with Crippen LogP contribution in [0.5, 0.6) is 0 Å². The Labute approximate surface area is 272 Å². The number of guanidine groups is 1. The van der Waals surface area contributed by atoms with Gasteiger partial charge in [0.25, 0.3) is 0 Å². The number of aliphatic hydroxyl groups excluding tert-OH is 1. The maximum Gasteiger partial charge on any atom is 0.305 e. The van der Waals surface area contributed by atoms with Crippen LogP contribution in [0, 0.1) is 0 Å². The number of carbonyl (C=O) groups excluding carboxylic acids is 4. The lowest BCUT2D eigenvalue weighted by molar-refractivity contribution is -0.142. The van der Waals surface area contributed by atoms with Crippen molar-refractivity contribution >= 4 is 47.2 Å². The summed E-state index contributed by atoms with van der Waals surface area (Å²) in [6, 6.07) is 3.52. The number of aliphatic hydroxyl groups is 1. The molecule has 262 valence electrons. The van der Waals surface area contributed by atoms with Gasteiger partial charge in [0, 0.05) is 32.6 Å². The molecule has 0 saturated carbocycles.